The summed E-state index contributed by atoms with van der Waals surface area (Å²) >= 11 is 7.33. The van der Waals surface area contributed by atoms with Gasteiger partial charge in [-0.1, -0.05) is 0 Å². The third-order valence-electron chi connectivity index (χ3n) is 2.66. The van der Waals surface area contributed by atoms with Crippen LogP contribution in [0.4, 0.5) is 0 Å². The number of amidine groups is 4. The molecule has 0 unspecified atom stereocenters. The molecule has 0 aliphatic heterocycles. The van der Waals surface area contributed by atoms with Gasteiger partial charge in [0.1, 0.15) is 11.7 Å². The standard InChI is InChI=1S/2C5H12N2O.C4H11NO.2C2H6N2S.2H2O4S/c2*6-5(7)3-1-2-4-8;5-3-1-2-4-6;2*3-2(4)1-5;2*1-5(2,3)4/h2*8H,1-4H2,(H3,6,7);6H,1-5H2;2*5H,1H2,(H3,3,4);2*(H2,1,2,3,4). The first kappa shape index (κ1) is 56.0. The van der Waals surface area contributed by atoms with E-state index < -0.39 is 20.8 Å². The summed E-state index contributed by atoms with van der Waals surface area (Å²) in [6.07, 6.45) is 6.16. The molecule has 0 aromatic rings. The molecule has 0 aromatic heterocycles. The minimum atomic E-state index is -4.67. The van der Waals surface area contributed by atoms with Gasteiger partial charge in [-0.15, -0.1) is 0 Å². The van der Waals surface area contributed by atoms with E-state index in [9.17, 15) is 0 Å². The molecule has 0 amide bonds. The van der Waals surface area contributed by atoms with Crippen molar-refractivity contribution in [3.63, 3.8) is 0 Å². The summed E-state index contributed by atoms with van der Waals surface area (Å²) in [7, 11) is -9.33. The molecule has 0 saturated heterocycles. The lowest BCUT2D eigenvalue weighted by Crippen LogP contribution is -2.09. The Bertz CT molecular complexity index is 753. The third-order valence-corrected chi connectivity index (χ3v) is 3.34. The van der Waals surface area contributed by atoms with Crippen LogP contribution in [0, 0.1) is 21.6 Å². The Hall–Kier alpha value is -1.84. The van der Waals surface area contributed by atoms with Crippen molar-refractivity contribution in [1.29, 1.82) is 21.6 Å². The van der Waals surface area contributed by atoms with Gasteiger partial charge in [0.25, 0.3) is 0 Å². The molecule has 0 radical (unpaired) electrons. The van der Waals surface area contributed by atoms with Gasteiger partial charge in [0.15, 0.2) is 0 Å². The van der Waals surface area contributed by atoms with Gasteiger partial charge in [0, 0.05) is 44.2 Å². The summed E-state index contributed by atoms with van der Waals surface area (Å²) in [5.74, 6) is 1.37. The van der Waals surface area contributed by atoms with E-state index in [1.165, 1.54) is 0 Å². The van der Waals surface area contributed by atoms with Crippen LogP contribution in [0.15, 0.2) is 0 Å². The number of hydrogen-bond acceptors (Lipinski definition) is 14. The van der Waals surface area contributed by atoms with E-state index in [4.69, 9.17) is 101 Å². The number of nitrogens with one attached hydrogen (secondary N) is 4. The van der Waals surface area contributed by atoms with Crippen molar-refractivity contribution in [2.24, 2.45) is 28.7 Å². The first-order valence-corrected chi connectivity index (χ1v) is 15.5. The Balaban J connectivity index is -0.0000000688. The maximum atomic E-state index is 8.74. The molecule has 20 nitrogen and oxygen atoms in total. The van der Waals surface area contributed by atoms with Crippen molar-refractivity contribution in [3.8, 4) is 0 Å². The van der Waals surface area contributed by atoms with E-state index in [1.807, 2.05) is 0 Å². The highest BCUT2D eigenvalue weighted by Crippen LogP contribution is 1.91. The molecule has 0 fully saturated rings. The maximum absolute atomic E-state index is 8.74. The van der Waals surface area contributed by atoms with Crippen LogP contribution in [0.1, 0.15) is 51.4 Å². The summed E-state index contributed by atoms with van der Waals surface area (Å²) in [5.41, 5.74) is 24.8. The summed E-state index contributed by atoms with van der Waals surface area (Å²) in [6.45, 7) is 1.37. The summed E-state index contributed by atoms with van der Waals surface area (Å²) in [5, 5.41) is 51.1. The van der Waals surface area contributed by atoms with E-state index in [2.05, 4.69) is 25.3 Å². The monoisotopic (exact) mass is 697 g/mol. The van der Waals surface area contributed by atoms with Crippen molar-refractivity contribution < 1.29 is 50.4 Å². The minimum Gasteiger partial charge on any atom is -0.396 e. The van der Waals surface area contributed by atoms with Gasteiger partial charge >= 0.3 is 20.8 Å². The van der Waals surface area contributed by atoms with Gasteiger partial charge in [0.2, 0.25) is 0 Å². The smallest absolute Gasteiger partial charge is 0.394 e. The molecule has 0 aromatic carbocycles. The summed E-state index contributed by atoms with van der Waals surface area (Å²) in [6, 6.07) is 0. The Morgan fingerprint density at radius 2 is 0.714 bits per heavy atom. The summed E-state index contributed by atoms with van der Waals surface area (Å²) < 4.78 is 63.2. The van der Waals surface area contributed by atoms with Crippen LogP contribution in [-0.4, -0.2) is 112 Å². The third kappa shape index (κ3) is 229. The Kier molecular flexibility index (Phi) is 58.2. The van der Waals surface area contributed by atoms with Crippen LogP contribution in [0.25, 0.3) is 0 Å². The summed E-state index contributed by atoms with van der Waals surface area (Å²) in [4.78, 5) is 0. The highest BCUT2D eigenvalue weighted by Gasteiger charge is 1.88. The van der Waals surface area contributed by atoms with Crippen LogP contribution >= 0.6 is 25.3 Å². The molecule has 21 N–H and O–H groups in total. The second-order valence-electron chi connectivity index (χ2n) is 6.89. The van der Waals surface area contributed by atoms with Crippen LogP contribution in [0.2, 0.25) is 0 Å². The topological polar surface area (TPSA) is 435 Å². The van der Waals surface area contributed by atoms with Crippen molar-refractivity contribution in [2.45, 2.75) is 51.4 Å². The van der Waals surface area contributed by atoms with Crippen LogP contribution in [-0.2, 0) is 20.8 Å². The van der Waals surface area contributed by atoms with E-state index in [-0.39, 0.29) is 43.2 Å². The second kappa shape index (κ2) is 43.6. The number of thiol groups is 2. The quantitative estimate of drug-likeness (QED) is 0.0334. The van der Waals surface area contributed by atoms with Crippen LogP contribution in [0.3, 0.4) is 0 Å². The molecule has 24 heteroatoms. The normalized spacial score (nSPS) is 9.29. The van der Waals surface area contributed by atoms with Crippen LogP contribution in [0.5, 0.6) is 0 Å². The van der Waals surface area contributed by atoms with Gasteiger partial charge < -0.3 is 44.0 Å². The van der Waals surface area contributed by atoms with Gasteiger partial charge in [-0.3, -0.25) is 39.8 Å². The van der Waals surface area contributed by atoms with E-state index in [1.54, 1.807) is 0 Å². The number of aliphatic hydroxyl groups excluding tert-OH is 3. The molecule has 0 bridgehead atoms. The molecule has 42 heavy (non-hydrogen) atoms. The van der Waals surface area contributed by atoms with Gasteiger partial charge in [0.05, 0.1) is 11.7 Å². The largest absolute Gasteiger partial charge is 0.396 e. The molecule has 0 aliphatic rings. The fourth-order valence-corrected chi connectivity index (χ4v) is 1.11. The number of nitrogens with two attached hydrogens (primary N) is 5. The zero-order valence-corrected chi connectivity index (χ0v) is 26.7. The molecule has 0 saturated carbocycles. The lowest BCUT2D eigenvalue weighted by molar-refractivity contribution is 0.285. The van der Waals surface area contributed by atoms with Crippen LogP contribution < -0.4 is 28.7 Å². The highest BCUT2D eigenvalue weighted by atomic mass is 32.3. The van der Waals surface area contributed by atoms with E-state index >= 15 is 0 Å². The van der Waals surface area contributed by atoms with E-state index in [0.717, 1.165) is 38.5 Å². The predicted octanol–water partition coefficient (Wildman–Crippen LogP) is -1.71. The number of unbranched alkanes of at least 4 members (excludes halogenated alkanes) is 3. The number of aliphatic hydroxyl groups is 3. The average Bonchev–Trinajstić information content (AvgIpc) is 2.82. The highest BCUT2D eigenvalue weighted by molar-refractivity contribution is 7.81. The zero-order chi connectivity index (χ0) is 35.2. The van der Waals surface area contributed by atoms with Crippen molar-refractivity contribution >= 4 is 69.4 Å². The van der Waals surface area contributed by atoms with Gasteiger partial charge in [-0.05, 0) is 45.1 Å². The molecule has 0 atom stereocenters. The van der Waals surface area contributed by atoms with Crippen molar-refractivity contribution in [3.05, 3.63) is 0 Å². The van der Waals surface area contributed by atoms with Crippen molar-refractivity contribution in [2.75, 3.05) is 37.9 Å². The molecular weight excluding hydrogens is 647 g/mol. The Morgan fingerprint density at radius 3 is 0.810 bits per heavy atom. The molecule has 0 spiro atoms. The predicted molar refractivity (Wildman–Crippen MR) is 171 cm³/mol. The van der Waals surface area contributed by atoms with Gasteiger partial charge in [-0.25, -0.2) is 0 Å². The van der Waals surface area contributed by atoms with E-state index in [0.29, 0.717) is 30.9 Å². The fraction of sp³-hybridized carbons (Fsp3) is 0.778. The lowest BCUT2D eigenvalue weighted by atomic mass is 10.2. The lowest BCUT2D eigenvalue weighted by Gasteiger charge is -1.93. The molecule has 0 heterocycles. The average molecular weight is 698 g/mol. The second-order valence-corrected chi connectivity index (χ2v) is 9.32. The first-order valence-electron chi connectivity index (χ1n) is 11.5. The van der Waals surface area contributed by atoms with Gasteiger partial charge in [-0.2, -0.15) is 42.1 Å². The molecule has 0 rings (SSSR count). The molecule has 0 aliphatic carbocycles. The first-order chi connectivity index (χ1) is 19.0. The fourth-order valence-electron chi connectivity index (χ4n) is 1.11. The zero-order valence-electron chi connectivity index (χ0n) is 23.3. The number of rotatable bonds is 13. The Morgan fingerprint density at radius 1 is 0.524 bits per heavy atom. The Labute approximate surface area is 258 Å². The maximum Gasteiger partial charge on any atom is 0.394 e. The number of hydrogen-bond donors (Lipinski definition) is 18. The SMILES string of the molecule is N=C(N)CCCCO.N=C(N)CCCCO.N=C(N)CS.N=C(N)CS.NCCCCO.O=S(=O)(O)O.O=S(=O)(O)O. The van der Waals surface area contributed by atoms with Crippen molar-refractivity contribution in [1.82, 2.24) is 0 Å². The molecular formula is C18H51N9O11S4. The minimum absolute atomic E-state index is 0.119. The molecule has 258 valence electrons.